The highest BCUT2D eigenvalue weighted by atomic mass is 32.2. The van der Waals surface area contributed by atoms with Crippen LogP contribution in [0.3, 0.4) is 0 Å². The molecule has 0 bridgehead atoms. The molecule has 4 aliphatic heterocycles. The molecule has 4 aromatic heterocycles. The summed E-state index contributed by atoms with van der Waals surface area (Å²) < 4.78 is 58.8. The molecule has 0 radical (unpaired) electrons. The molecule has 18 nitrogen and oxygen atoms in total. The molecule has 8 heterocycles. The second-order valence-electron chi connectivity index (χ2n) is 20.9. The van der Waals surface area contributed by atoms with Crippen LogP contribution in [0.4, 0.5) is 21.6 Å². The average Bonchev–Trinajstić information content (AvgIpc) is 4.17. The number of imidazole rings is 1. The number of H-pyrrole nitrogens is 2. The maximum Gasteiger partial charge on any atom is 0.296 e. The van der Waals surface area contributed by atoms with E-state index in [1.807, 2.05) is 6.07 Å². The SMILES string of the molecule is CC(C)c1ccccc1[C@@H]1CCCN1C1CC2(CCN(c3cc(Oc4cnc5[nH]ccc5c4)c(C(=O)NS(=O)(=O)c4cc([N+](=O)[O-])c(NCC5(F)CCN(C6CCOCC6)CC5)c5[nH]cnc45)cn3)CC2)C1. The van der Waals surface area contributed by atoms with Gasteiger partial charge < -0.3 is 29.7 Å². The monoisotopic (exact) mass is 1000 g/mol. The lowest BCUT2D eigenvalue weighted by atomic mass is 9.60. The number of benzene rings is 2. The summed E-state index contributed by atoms with van der Waals surface area (Å²) in [5.41, 5.74) is 1.04. The highest BCUT2D eigenvalue weighted by molar-refractivity contribution is 7.90. The molecule has 380 valence electrons. The van der Waals surface area contributed by atoms with Crippen molar-refractivity contribution in [2.75, 3.05) is 62.7 Å². The van der Waals surface area contributed by atoms with Crippen LogP contribution < -0.4 is 19.7 Å². The first kappa shape index (κ1) is 48.1. The number of sulfonamides is 1. The van der Waals surface area contributed by atoms with E-state index in [-0.39, 0.29) is 52.8 Å². The number of halogens is 1. The van der Waals surface area contributed by atoms with E-state index < -0.39 is 37.1 Å². The standard InChI is InChI=1S/C52H62FN11O7S/c1-33(2)38-6-3-4-7-39(38)41-8-5-17-63(41)36-27-51(28-36)12-18-62(19-13-51)45-26-43(71-37-24-34-9-16-54-49(34)56-29-37)40(30-55-45)50(65)60-72(68,69)44-25-42(64(66)67)46(48-47(44)58-32-59-48)57-31-52(53)14-20-61(21-15-52)35-10-22-70-23-11-35/h3-4,6-7,9,16,24-26,29-30,32-33,35-36,41,57H,5,8,10-15,17-23,27-28,31H2,1-2H3,(H,54,56)(H,58,59)(H,60,65)/t41-/m0/s1. The van der Waals surface area contributed by atoms with Gasteiger partial charge in [-0.15, -0.1) is 0 Å². The number of ether oxygens (including phenoxy) is 2. The van der Waals surface area contributed by atoms with Gasteiger partial charge in [-0.05, 0) is 105 Å². The number of nitrogens with zero attached hydrogens (tertiary/aromatic N) is 7. The highest BCUT2D eigenvalue weighted by Gasteiger charge is 2.50. The van der Waals surface area contributed by atoms with Gasteiger partial charge in [0.05, 0.1) is 23.0 Å². The number of amides is 1. The smallest absolute Gasteiger partial charge is 0.296 e. The van der Waals surface area contributed by atoms with Crippen molar-refractivity contribution in [2.24, 2.45) is 5.41 Å². The Morgan fingerprint density at radius 3 is 2.50 bits per heavy atom. The summed E-state index contributed by atoms with van der Waals surface area (Å²) in [5, 5.41) is 16.3. The van der Waals surface area contributed by atoms with Crippen LogP contribution in [0.2, 0.25) is 0 Å². The molecular formula is C52H62FN11O7S. The number of nitro benzene ring substituents is 1. The summed E-state index contributed by atoms with van der Waals surface area (Å²) in [7, 11) is -4.85. The molecule has 5 fully saturated rings. The Hall–Kier alpha value is -6.22. The molecule has 1 amide bonds. The molecule has 2 aromatic carbocycles. The van der Waals surface area contributed by atoms with Crippen LogP contribution in [0.25, 0.3) is 22.1 Å². The summed E-state index contributed by atoms with van der Waals surface area (Å²) in [4.78, 5) is 52.0. The Morgan fingerprint density at radius 2 is 1.74 bits per heavy atom. The molecule has 1 atom stereocenters. The fourth-order valence-electron chi connectivity index (χ4n) is 12.2. The summed E-state index contributed by atoms with van der Waals surface area (Å²) >= 11 is 0. The quantitative estimate of drug-likeness (QED) is 0.0593. The van der Waals surface area contributed by atoms with Gasteiger partial charge in [-0.1, -0.05) is 38.1 Å². The predicted molar refractivity (Wildman–Crippen MR) is 271 cm³/mol. The Balaban J connectivity index is 0.803. The van der Waals surface area contributed by atoms with Crippen LogP contribution in [0.5, 0.6) is 11.5 Å². The number of nitro groups is 1. The first-order valence-electron chi connectivity index (χ1n) is 25.4. The summed E-state index contributed by atoms with van der Waals surface area (Å²) in [5.74, 6) is 0.330. The van der Waals surface area contributed by atoms with Crippen LogP contribution in [-0.4, -0.2) is 124 Å². The van der Waals surface area contributed by atoms with E-state index in [4.69, 9.17) is 14.5 Å². The zero-order valence-corrected chi connectivity index (χ0v) is 41.6. The minimum Gasteiger partial charge on any atom is -0.455 e. The fraction of sp³-hybridized carbons (Fsp3) is 0.500. The molecule has 1 aliphatic carbocycles. The van der Waals surface area contributed by atoms with Crippen molar-refractivity contribution in [3.8, 4) is 11.5 Å². The number of piperidine rings is 2. The lowest BCUT2D eigenvalue weighted by Crippen LogP contribution is -2.55. The Labute approximate surface area is 417 Å². The van der Waals surface area contributed by atoms with Gasteiger partial charge in [-0.2, -0.15) is 0 Å². The van der Waals surface area contributed by atoms with Crippen molar-refractivity contribution in [1.82, 2.24) is 39.4 Å². The first-order valence-corrected chi connectivity index (χ1v) is 26.9. The second-order valence-corrected chi connectivity index (χ2v) is 22.6. The normalized spacial score (nSPS) is 21.1. The van der Waals surface area contributed by atoms with Crippen LogP contribution in [0, 0.1) is 15.5 Å². The van der Waals surface area contributed by atoms with Crippen molar-refractivity contribution < 1.29 is 32.0 Å². The van der Waals surface area contributed by atoms with Crippen molar-refractivity contribution in [3.05, 3.63) is 100 Å². The summed E-state index contributed by atoms with van der Waals surface area (Å²) in [6.45, 7) is 9.39. The molecule has 6 aromatic rings. The van der Waals surface area contributed by atoms with Crippen LogP contribution in [-0.2, 0) is 14.8 Å². The fourth-order valence-corrected chi connectivity index (χ4v) is 13.4. The van der Waals surface area contributed by atoms with E-state index >= 15 is 4.39 Å². The van der Waals surface area contributed by atoms with Crippen LogP contribution in [0.15, 0.2) is 78.3 Å². The van der Waals surface area contributed by atoms with Crippen LogP contribution >= 0.6 is 0 Å². The molecule has 5 aliphatic rings. The van der Waals surface area contributed by atoms with Crippen molar-refractivity contribution in [1.29, 1.82) is 0 Å². The number of nitrogens with one attached hydrogen (secondary N) is 4. The van der Waals surface area contributed by atoms with E-state index in [0.717, 1.165) is 69.6 Å². The largest absolute Gasteiger partial charge is 0.455 e. The third-order valence-corrected chi connectivity index (χ3v) is 17.6. The Bertz CT molecular complexity index is 3100. The molecular weight excluding hydrogens is 942 g/mol. The second kappa shape index (κ2) is 19.3. The number of alkyl halides is 1. The minimum absolute atomic E-state index is 0.0173. The molecule has 1 saturated carbocycles. The van der Waals surface area contributed by atoms with Gasteiger partial charge >= 0.3 is 0 Å². The third-order valence-electron chi connectivity index (χ3n) is 16.3. The number of carbonyl (C=O) groups excluding carboxylic acids is 1. The van der Waals surface area contributed by atoms with E-state index in [2.05, 4.69) is 82.8 Å². The molecule has 1 spiro atoms. The number of hydrogen-bond acceptors (Lipinski definition) is 14. The molecule has 72 heavy (non-hydrogen) atoms. The zero-order valence-electron chi connectivity index (χ0n) is 40.7. The van der Waals surface area contributed by atoms with Crippen LogP contribution in [0.1, 0.15) is 112 Å². The van der Waals surface area contributed by atoms with E-state index in [0.29, 0.717) is 67.6 Å². The minimum atomic E-state index is -4.85. The number of aromatic amines is 2. The van der Waals surface area contributed by atoms with Gasteiger partial charge in [0.1, 0.15) is 50.3 Å². The van der Waals surface area contributed by atoms with E-state index in [1.165, 1.54) is 42.7 Å². The van der Waals surface area contributed by atoms with Gasteiger partial charge in [0, 0.05) is 94.0 Å². The van der Waals surface area contributed by atoms with Gasteiger partial charge in [0.2, 0.25) is 0 Å². The first-order chi connectivity index (χ1) is 34.8. The van der Waals surface area contributed by atoms with Crippen molar-refractivity contribution in [2.45, 2.75) is 113 Å². The predicted octanol–water partition coefficient (Wildman–Crippen LogP) is 8.76. The van der Waals surface area contributed by atoms with E-state index in [9.17, 15) is 23.3 Å². The number of anilines is 2. The van der Waals surface area contributed by atoms with Gasteiger partial charge in [0.25, 0.3) is 21.6 Å². The number of fused-ring (bicyclic) bond motifs is 2. The number of likely N-dealkylation sites (tertiary alicyclic amines) is 2. The third kappa shape index (κ3) is 9.37. The van der Waals surface area contributed by atoms with Crippen molar-refractivity contribution in [3.63, 3.8) is 0 Å². The Kier molecular flexibility index (Phi) is 12.9. The molecule has 20 heteroatoms. The number of pyridine rings is 2. The molecule has 0 unspecified atom stereocenters. The van der Waals surface area contributed by atoms with Gasteiger partial charge in [0.15, 0.2) is 0 Å². The summed E-state index contributed by atoms with van der Waals surface area (Å²) in [6.07, 6.45) is 14.7. The molecule has 4 saturated heterocycles. The summed E-state index contributed by atoms with van der Waals surface area (Å²) in [6, 6.07) is 16.4. The van der Waals surface area contributed by atoms with Gasteiger partial charge in [-0.3, -0.25) is 24.7 Å². The number of hydrogen-bond donors (Lipinski definition) is 4. The number of aromatic nitrogens is 5. The molecule has 11 rings (SSSR count). The molecule has 4 N–H and O–H groups in total. The average molecular weight is 1000 g/mol. The Morgan fingerprint density at radius 1 is 0.958 bits per heavy atom. The maximum atomic E-state index is 16.3. The lowest BCUT2D eigenvalue weighted by Gasteiger charge is -2.56. The number of rotatable bonds is 14. The highest BCUT2D eigenvalue weighted by Crippen LogP contribution is 2.54. The lowest BCUT2D eigenvalue weighted by molar-refractivity contribution is -0.384. The topological polar surface area (TPSA) is 217 Å². The number of carbonyl (C=O) groups is 1. The van der Waals surface area contributed by atoms with Crippen molar-refractivity contribution >= 4 is 55.2 Å². The van der Waals surface area contributed by atoms with E-state index in [1.54, 1.807) is 18.3 Å². The maximum absolute atomic E-state index is 16.3. The van der Waals surface area contributed by atoms with Gasteiger partial charge in [-0.25, -0.2) is 32.5 Å². The zero-order chi connectivity index (χ0) is 49.8.